The van der Waals surface area contributed by atoms with Gasteiger partial charge in [0.1, 0.15) is 0 Å². The Labute approximate surface area is 115 Å². The fourth-order valence-electron chi connectivity index (χ4n) is 1.53. The number of nitro groups is 2. The summed E-state index contributed by atoms with van der Waals surface area (Å²) in [6.45, 7) is 0. The lowest BCUT2D eigenvalue weighted by Gasteiger charge is -2.30. The van der Waals surface area contributed by atoms with E-state index in [1.54, 1.807) is 0 Å². The summed E-state index contributed by atoms with van der Waals surface area (Å²) in [5.74, 6) is 0. The van der Waals surface area contributed by atoms with Crippen LogP contribution in [0.25, 0.3) is 0 Å². The summed E-state index contributed by atoms with van der Waals surface area (Å²) in [6.07, 6.45) is -13.0. The van der Waals surface area contributed by atoms with E-state index >= 15 is 0 Å². The van der Waals surface area contributed by atoms with Crippen LogP contribution in [0.15, 0.2) is 18.2 Å². The Morgan fingerprint density at radius 3 is 1.50 bits per heavy atom. The Hall–Kier alpha value is -2.47. The zero-order chi connectivity index (χ0) is 17.5. The van der Waals surface area contributed by atoms with Crippen LogP contribution in [0.2, 0.25) is 0 Å². The average molecular weight is 336 g/mol. The predicted octanol–water partition coefficient (Wildman–Crippen LogP) is 3.79. The minimum Gasteiger partial charge on any atom is -0.258 e. The lowest BCUT2D eigenvalue weighted by atomic mass is 9.93. The standard InChI is InChI=1S/C9H3F7N2O4/c10-7(8(11,12)13,9(14,15)16)4-1-2-5(17(19)20)6(3-4)18(21)22/h1-3H. The Balaban J connectivity index is 3.70. The van der Waals surface area contributed by atoms with Gasteiger partial charge in [-0.15, -0.1) is 0 Å². The molecule has 0 radical (unpaired) electrons. The van der Waals surface area contributed by atoms with Gasteiger partial charge in [0.2, 0.25) is 0 Å². The van der Waals surface area contributed by atoms with E-state index < -0.39 is 50.9 Å². The smallest absolute Gasteiger partial charge is 0.258 e. The van der Waals surface area contributed by atoms with E-state index in [9.17, 15) is 51.0 Å². The fraction of sp³-hybridized carbons (Fsp3) is 0.333. The van der Waals surface area contributed by atoms with Gasteiger partial charge in [0.05, 0.1) is 9.85 Å². The lowest BCUT2D eigenvalue weighted by Crippen LogP contribution is -2.50. The molecular formula is C9H3F7N2O4. The molecule has 0 atom stereocenters. The zero-order valence-corrected chi connectivity index (χ0v) is 9.91. The van der Waals surface area contributed by atoms with Crippen molar-refractivity contribution in [3.05, 3.63) is 44.0 Å². The summed E-state index contributed by atoms with van der Waals surface area (Å²) in [6, 6.07) is -0.634. The molecule has 0 aliphatic carbocycles. The second kappa shape index (κ2) is 5.06. The van der Waals surface area contributed by atoms with Gasteiger partial charge in [-0.05, 0) is 6.07 Å². The van der Waals surface area contributed by atoms with E-state index in [1.165, 1.54) is 0 Å². The van der Waals surface area contributed by atoms with E-state index in [0.717, 1.165) is 0 Å². The molecule has 0 saturated heterocycles. The molecule has 1 aromatic carbocycles. The quantitative estimate of drug-likeness (QED) is 0.477. The Morgan fingerprint density at radius 2 is 1.18 bits per heavy atom. The Kier molecular flexibility index (Phi) is 4.05. The highest BCUT2D eigenvalue weighted by Gasteiger charge is 2.73. The topological polar surface area (TPSA) is 86.3 Å². The van der Waals surface area contributed by atoms with Crippen LogP contribution >= 0.6 is 0 Å². The fourth-order valence-corrected chi connectivity index (χ4v) is 1.53. The van der Waals surface area contributed by atoms with Crippen molar-refractivity contribution < 1.29 is 40.6 Å². The van der Waals surface area contributed by atoms with Crippen molar-refractivity contribution in [2.45, 2.75) is 18.0 Å². The van der Waals surface area contributed by atoms with Gasteiger partial charge in [-0.3, -0.25) is 20.2 Å². The van der Waals surface area contributed by atoms with Crippen molar-refractivity contribution in [1.29, 1.82) is 0 Å². The molecule has 6 nitrogen and oxygen atoms in total. The van der Waals surface area contributed by atoms with Crippen LogP contribution < -0.4 is 0 Å². The van der Waals surface area contributed by atoms with Crippen LogP contribution in [0.3, 0.4) is 0 Å². The van der Waals surface area contributed by atoms with Crippen molar-refractivity contribution in [2.24, 2.45) is 0 Å². The van der Waals surface area contributed by atoms with Gasteiger partial charge < -0.3 is 0 Å². The van der Waals surface area contributed by atoms with Gasteiger partial charge in [0, 0.05) is 17.7 Å². The number of nitrogens with zero attached hydrogens (tertiary/aromatic N) is 2. The summed E-state index contributed by atoms with van der Waals surface area (Å²) in [5, 5.41) is 21.0. The summed E-state index contributed by atoms with van der Waals surface area (Å²) in [4.78, 5) is 18.0. The maximum Gasteiger partial charge on any atom is 0.435 e. The van der Waals surface area contributed by atoms with Crippen molar-refractivity contribution in [2.75, 3.05) is 0 Å². The number of rotatable bonds is 3. The molecule has 22 heavy (non-hydrogen) atoms. The largest absolute Gasteiger partial charge is 0.435 e. The van der Waals surface area contributed by atoms with Crippen LogP contribution in [0.1, 0.15) is 5.56 Å². The molecule has 0 saturated carbocycles. The van der Waals surface area contributed by atoms with E-state index in [0.29, 0.717) is 0 Å². The van der Waals surface area contributed by atoms with E-state index in [2.05, 4.69) is 0 Å². The summed E-state index contributed by atoms with van der Waals surface area (Å²) < 4.78 is 88.5. The molecule has 13 heteroatoms. The molecule has 0 spiro atoms. The number of halogens is 7. The number of hydrogen-bond donors (Lipinski definition) is 0. The van der Waals surface area contributed by atoms with Crippen molar-refractivity contribution >= 4 is 11.4 Å². The third kappa shape index (κ3) is 2.65. The van der Waals surface area contributed by atoms with E-state index in [1.807, 2.05) is 0 Å². The van der Waals surface area contributed by atoms with Gasteiger partial charge in [-0.25, -0.2) is 4.39 Å². The van der Waals surface area contributed by atoms with Crippen LogP contribution in [0, 0.1) is 20.2 Å². The lowest BCUT2D eigenvalue weighted by molar-refractivity contribution is -0.422. The second-order valence-electron chi connectivity index (χ2n) is 3.87. The molecule has 0 bridgehead atoms. The first-order valence-electron chi connectivity index (χ1n) is 4.99. The van der Waals surface area contributed by atoms with Crippen LogP contribution in [0.5, 0.6) is 0 Å². The maximum absolute atomic E-state index is 13.7. The molecule has 1 aromatic rings. The third-order valence-corrected chi connectivity index (χ3v) is 2.55. The van der Waals surface area contributed by atoms with Crippen molar-refractivity contribution in [3.8, 4) is 0 Å². The minimum absolute atomic E-state index is 0.000718. The van der Waals surface area contributed by atoms with Gasteiger partial charge in [0.25, 0.3) is 0 Å². The van der Waals surface area contributed by atoms with Crippen LogP contribution in [-0.4, -0.2) is 22.2 Å². The molecule has 1 rings (SSSR count). The third-order valence-electron chi connectivity index (χ3n) is 2.55. The Bertz CT molecular complexity index is 611. The van der Waals surface area contributed by atoms with Gasteiger partial charge in [0.15, 0.2) is 0 Å². The molecule has 0 aliphatic heterocycles. The summed E-state index contributed by atoms with van der Waals surface area (Å²) >= 11 is 0. The van der Waals surface area contributed by atoms with Crippen molar-refractivity contribution in [3.63, 3.8) is 0 Å². The monoisotopic (exact) mass is 336 g/mol. The van der Waals surface area contributed by atoms with Gasteiger partial charge >= 0.3 is 29.4 Å². The van der Waals surface area contributed by atoms with Gasteiger partial charge in [-0.1, -0.05) is 0 Å². The molecule has 0 N–H and O–H groups in total. The summed E-state index contributed by atoms with van der Waals surface area (Å²) in [7, 11) is 0. The predicted molar refractivity (Wildman–Crippen MR) is 54.6 cm³/mol. The molecule has 0 fully saturated rings. The van der Waals surface area contributed by atoms with Crippen LogP contribution in [-0.2, 0) is 5.67 Å². The normalized spacial score (nSPS) is 13.0. The highest BCUT2D eigenvalue weighted by molar-refractivity contribution is 5.55. The zero-order valence-electron chi connectivity index (χ0n) is 9.91. The molecule has 0 heterocycles. The van der Waals surface area contributed by atoms with Gasteiger partial charge in [-0.2, -0.15) is 26.3 Å². The first-order chi connectivity index (χ1) is 9.73. The Morgan fingerprint density at radius 1 is 0.773 bits per heavy atom. The average Bonchev–Trinajstić information content (AvgIpc) is 2.34. The van der Waals surface area contributed by atoms with E-state index in [-0.39, 0.29) is 12.1 Å². The maximum atomic E-state index is 13.7. The second-order valence-corrected chi connectivity index (χ2v) is 3.87. The number of alkyl halides is 7. The van der Waals surface area contributed by atoms with Crippen molar-refractivity contribution in [1.82, 2.24) is 0 Å². The highest BCUT2D eigenvalue weighted by Crippen LogP contribution is 2.54. The minimum atomic E-state index is -6.48. The first kappa shape index (κ1) is 17.6. The first-order valence-corrected chi connectivity index (χ1v) is 4.99. The summed E-state index contributed by atoms with van der Waals surface area (Å²) in [5.41, 5.74) is -11.1. The highest BCUT2D eigenvalue weighted by atomic mass is 19.4. The molecule has 0 aromatic heterocycles. The molecule has 0 amide bonds. The number of nitro benzene ring substituents is 2. The molecule has 0 unspecified atom stereocenters. The molecular weight excluding hydrogens is 333 g/mol. The molecule has 122 valence electrons. The molecule has 0 aliphatic rings. The SMILES string of the molecule is O=[N+]([O-])c1ccc(C(F)(C(F)(F)F)C(F)(F)F)cc1[N+](=O)[O-]. The van der Waals surface area contributed by atoms with E-state index in [4.69, 9.17) is 0 Å². The van der Waals surface area contributed by atoms with Crippen LogP contribution in [0.4, 0.5) is 42.1 Å². The number of benzene rings is 1. The number of hydrogen-bond acceptors (Lipinski definition) is 4.